The predicted octanol–water partition coefficient (Wildman–Crippen LogP) is 3.48. The van der Waals surface area contributed by atoms with E-state index in [0.29, 0.717) is 43.1 Å². The van der Waals surface area contributed by atoms with Crippen LogP contribution in [0.3, 0.4) is 0 Å². The molecule has 1 aliphatic heterocycles. The van der Waals surface area contributed by atoms with Gasteiger partial charge in [-0.2, -0.15) is 0 Å². The number of thiophene rings is 1. The van der Waals surface area contributed by atoms with Crippen molar-refractivity contribution in [3.8, 4) is 0 Å². The lowest BCUT2D eigenvalue weighted by Crippen LogP contribution is -2.54. The Kier molecular flexibility index (Phi) is 10.2. The van der Waals surface area contributed by atoms with Crippen LogP contribution in [0.15, 0.2) is 12.1 Å². The highest BCUT2D eigenvalue weighted by molar-refractivity contribution is 7.89. The molecule has 0 radical (unpaired) electrons. The maximum atomic E-state index is 13.8. The molecule has 9 nitrogen and oxygen atoms in total. The molecule has 0 aromatic carbocycles. The van der Waals surface area contributed by atoms with Crippen LogP contribution in [-0.4, -0.2) is 55.3 Å². The summed E-state index contributed by atoms with van der Waals surface area (Å²) in [4.78, 5) is 30.1. The smallest absolute Gasteiger partial charge is 0.243 e. The Balaban J connectivity index is 1.42. The van der Waals surface area contributed by atoms with Gasteiger partial charge in [0.15, 0.2) is 0 Å². The van der Waals surface area contributed by atoms with E-state index in [2.05, 4.69) is 10.0 Å². The summed E-state index contributed by atoms with van der Waals surface area (Å²) in [6, 6.07) is 2.16. The average Bonchev–Trinajstić information content (AvgIpc) is 3.58. The van der Waals surface area contributed by atoms with Gasteiger partial charge in [0.05, 0.1) is 17.2 Å². The minimum absolute atomic E-state index is 0.00455. The van der Waals surface area contributed by atoms with Gasteiger partial charge in [0, 0.05) is 11.4 Å². The van der Waals surface area contributed by atoms with Crippen molar-refractivity contribution in [3.05, 3.63) is 21.9 Å². The number of likely N-dealkylation sites (tertiary alicyclic amines) is 1. The molecule has 1 aromatic heterocycles. The van der Waals surface area contributed by atoms with Crippen LogP contribution in [0.4, 0.5) is 0 Å². The molecule has 0 spiro atoms. The Morgan fingerprint density at radius 1 is 1.00 bits per heavy atom. The largest absolute Gasteiger partial charge is 0.383 e. The number of hydrogen-bond donors (Lipinski definition) is 4. The molecular formula is C27H43N5O4S2. The van der Waals surface area contributed by atoms with Crippen LogP contribution in [0.5, 0.6) is 0 Å². The topological polar surface area (TPSA) is 145 Å². The van der Waals surface area contributed by atoms with Crippen molar-refractivity contribution in [2.45, 2.75) is 102 Å². The molecular weight excluding hydrogens is 522 g/mol. The zero-order valence-electron chi connectivity index (χ0n) is 22.3. The number of nitrogens with two attached hydrogens (primary N) is 1. The Bertz CT molecular complexity index is 1080. The molecule has 2 heterocycles. The van der Waals surface area contributed by atoms with Crippen LogP contribution in [-0.2, 0) is 26.2 Å². The Morgan fingerprint density at radius 3 is 2.29 bits per heavy atom. The van der Waals surface area contributed by atoms with E-state index in [1.54, 1.807) is 11.0 Å². The number of amidine groups is 1. The number of carbonyl (C=O) groups is 2. The third kappa shape index (κ3) is 8.02. The third-order valence-corrected chi connectivity index (χ3v) is 11.0. The lowest BCUT2D eigenvalue weighted by atomic mass is 9.84. The van der Waals surface area contributed by atoms with Gasteiger partial charge in [-0.25, -0.2) is 13.1 Å². The molecule has 1 saturated heterocycles. The average molecular weight is 566 g/mol. The normalized spacial score (nSPS) is 22.3. The highest BCUT2D eigenvalue weighted by Crippen LogP contribution is 2.30. The van der Waals surface area contributed by atoms with E-state index in [9.17, 15) is 18.0 Å². The first-order chi connectivity index (χ1) is 18.2. The van der Waals surface area contributed by atoms with Gasteiger partial charge < -0.3 is 16.0 Å². The van der Waals surface area contributed by atoms with Gasteiger partial charge in [-0.05, 0) is 56.1 Å². The maximum absolute atomic E-state index is 13.8. The van der Waals surface area contributed by atoms with Gasteiger partial charge in [0.2, 0.25) is 21.8 Å². The number of amides is 2. The van der Waals surface area contributed by atoms with Crippen LogP contribution in [0.2, 0.25) is 0 Å². The van der Waals surface area contributed by atoms with Gasteiger partial charge in [-0.1, -0.05) is 51.4 Å². The van der Waals surface area contributed by atoms with Crippen molar-refractivity contribution in [2.24, 2.45) is 17.6 Å². The number of nitrogens with zero attached hydrogens (tertiary/aromatic N) is 1. The quantitative estimate of drug-likeness (QED) is 0.240. The first kappa shape index (κ1) is 29.0. The minimum atomic E-state index is -3.62. The summed E-state index contributed by atoms with van der Waals surface area (Å²) in [7, 11) is -3.62. The summed E-state index contributed by atoms with van der Waals surface area (Å²) >= 11 is 1.36. The first-order valence-corrected chi connectivity index (χ1v) is 16.7. The number of sulfonamides is 1. The predicted molar refractivity (Wildman–Crippen MR) is 150 cm³/mol. The van der Waals surface area contributed by atoms with Crippen LogP contribution < -0.4 is 15.8 Å². The molecule has 1 aromatic rings. The molecule has 2 aliphatic carbocycles. The second kappa shape index (κ2) is 13.4. The fraction of sp³-hybridized carbons (Fsp3) is 0.741. The van der Waals surface area contributed by atoms with E-state index in [4.69, 9.17) is 11.1 Å². The molecule has 3 aliphatic rings. The van der Waals surface area contributed by atoms with E-state index >= 15 is 0 Å². The molecule has 11 heteroatoms. The van der Waals surface area contributed by atoms with Crippen molar-refractivity contribution < 1.29 is 18.0 Å². The summed E-state index contributed by atoms with van der Waals surface area (Å²) in [6.45, 7) is 0.755. The fourth-order valence-electron chi connectivity index (χ4n) is 6.30. The minimum Gasteiger partial charge on any atom is -0.383 e. The van der Waals surface area contributed by atoms with Gasteiger partial charge in [0.25, 0.3) is 0 Å². The van der Waals surface area contributed by atoms with Crippen LogP contribution >= 0.6 is 11.3 Å². The molecule has 2 atom stereocenters. The van der Waals surface area contributed by atoms with E-state index in [1.807, 2.05) is 6.07 Å². The molecule has 2 amide bonds. The summed E-state index contributed by atoms with van der Waals surface area (Å²) in [5, 5.41) is 10.5. The zero-order valence-corrected chi connectivity index (χ0v) is 23.9. The molecule has 212 valence electrons. The third-order valence-electron chi connectivity index (χ3n) is 8.30. The Morgan fingerprint density at radius 2 is 1.66 bits per heavy atom. The van der Waals surface area contributed by atoms with Crippen LogP contribution in [0.1, 0.15) is 93.2 Å². The SMILES string of the molecule is N=C(N)c1ccc(CNC(=O)[C@@H]2CCCN2C(=O)[C@@H](CC2CCCCC2)NS(=O)(=O)CC2CCCCC2)s1. The van der Waals surface area contributed by atoms with E-state index in [1.165, 1.54) is 17.8 Å². The second-order valence-electron chi connectivity index (χ2n) is 11.3. The zero-order chi connectivity index (χ0) is 27.1. The van der Waals surface area contributed by atoms with Gasteiger partial charge in [-0.15, -0.1) is 11.3 Å². The highest BCUT2D eigenvalue weighted by Gasteiger charge is 2.39. The number of hydrogen-bond acceptors (Lipinski definition) is 6. The van der Waals surface area contributed by atoms with Crippen molar-refractivity contribution in [3.63, 3.8) is 0 Å². The molecule has 38 heavy (non-hydrogen) atoms. The Hall–Kier alpha value is -1.98. The van der Waals surface area contributed by atoms with Crippen molar-refractivity contribution in [2.75, 3.05) is 12.3 Å². The summed E-state index contributed by atoms with van der Waals surface area (Å²) < 4.78 is 29.2. The molecule has 5 N–H and O–H groups in total. The van der Waals surface area contributed by atoms with Crippen molar-refractivity contribution in [1.29, 1.82) is 5.41 Å². The number of carbonyl (C=O) groups excluding carboxylic acids is 2. The molecule has 3 fully saturated rings. The lowest BCUT2D eigenvalue weighted by Gasteiger charge is -2.32. The van der Waals surface area contributed by atoms with Crippen molar-refractivity contribution >= 4 is 39.0 Å². The van der Waals surface area contributed by atoms with Crippen LogP contribution in [0, 0.1) is 17.2 Å². The molecule has 4 rings (SSSR count). The molecule has 0 bridgehead atoms. The highest BCUT2D eigenvalue weighted by atomic mass is 32.2. The van der Waals surface area contributed by atoms with Gasteiger partial charge >= 0.3 is 0 Å². The number of nitrogens with one attached hydrogen (secondary N) is 3. The summed E-state index contributed by atoms with van der Waals surface area (Å²) in [6.07, 6.45) is 12.4. The standard InChI is InChI=1S/C27H43N5O4S2/c28-25(29)24-14-13-21(37-24)17-30-26(33)23-12-7-15-32(23)27(34)22(16-19-8-3-1-4-9-19)31-38(35,36)18-20-10-5-2-6-11-20/h13-14,19-20,22-23,31H,1-12,15-18H2,(H3,28,29)(H,30,33)/t22-,23+/m1/s1. The Labute approximate surface area is 230 Å². The monoisotopic (exact) mass is 565 g/mol. The summed E-state index contributed by atoms with van der Waals surface area (Å²) in [5.41, 5.74) is 5.54. The van der Waals surface area contributed by atoms with Gasteiger partial charge in [0.1, 0.15) is 17.9 Å². The number of nitrogen functional groups attached to an aromatic ring is 1. The van der Waals surface area contributed by atoms with E-state index in [-0.39, 0.29) is 29.3 Å². The fourth-order valence-corrected chi connectivity index (χ4v) is 8.79. The van der Waals surface area contributed by atoms with E-state index < -0.39 is 22.1 Å². The molecule has 2 saturated carbocycles. The summed E-state index contributed by atoms with van der Waals surface area (Å²) in [5.74, 6) is 0.0478. The van der Waals surface area contributed by atoms with E-state index in [0.717, 1.165) is 62.7 Å². The second-order valence-corrected chi connectivity index (χ2v) is 14.2. The number of rotatable bonds is 11. The van der Waals surface area contributed by atoms with Crippen LogP contribution in [0.25, 0.3) is 0 Å². The van der Waals surface area contributed by atoms with Gasteiger partial charge in [-0.3, -0.25) is 15.0 Å². The lowest BCUT2D eigenvalue weighted by molar-refractivity contribution is -0.140. The van der Waals surface area contributed by atoms with Crippen molar-refractivity contribution in [1.82, 2.24) is 14.9 Å². The maximum Gasteiger partial charge on any atom is 0.243 e. The molecule has 0 unspecified atom stereocenters. The first-order valence-electron chi connectivity index (χ1n) is 14.2.